The Bertz CT molecular complexity index is 2840. The topological polar surface area (TPSA) is 3.24 Å². The average Bonchev–Trinajstić information content (AvgIpc) is 3.63. The van der Waals surface area contributed by atoms with E-state index in [9.17, 15) is 0 Å². The first-order valence-corrected chi connectivity index (χ1v) is 19.2. The highest BCUT2D eigenvalue weighted by atomic mass is 32.1. The van der Waals surface area contributed by atoms with E-state index in [-0.39, 0.29) is 0 Å². The molecule has 0 aliphatic rings. The number of nitrogens with zero attached hydrogens (tertiary/aromatic N) is 1. The minimum absolute atomic E-state index is 1.10. The quantitative estimate of drug-likeness (QED) is 0.160. The number of hydrogen-bond acceptors (Lipinski definition) is 2. The lowest BCUT2D eigenvalue weighted by atomic mass is 9.88. The zero-order valence-electron chi connectivity index (χ0n) is 29.6. The Labute approximate surface area is 319 Å². The summed E-state index contributed by atoms with van der Waals surface area (Å²) in [5, 5.41) is 5.07. The van der Waals surface area contributed by atoms with Crippen LogP contribution in [0.15, 0.2) is 212 Å². The molecule has 0 aliphatic carbocycles. The molecule has 0 bridgehead atoms. The molecule has 1 nitrogen and oxygen atoms in total. The van der Waals surface area contributed by atoms with Crippen LogP contribution in [-0.4, -0.2) is 0 Å². The van der Waals surface area contributed by atoms with Gasteiger partial charge in [-0.15, -0.1) is 11.3 Å². The Kier molecular flexibility index (Phi) is 8.09. The van der Waals surface area contributed by atoms with Crippen LogP contribution in [0.4, 0.5) is 17.1 Å². The molecule has 1 heterocycles. The Morgan fingerprint density at radius 1 is 0.296 bits per heavy atom. The van der Waals surface area contributed by atoms with Crippen molar-refractivity contribution in [3.8, 4) is 44.5 Å². The molecule has 0 fully saturated rings. The second-order valence-corrected chi connectivity index (χ2v) is 14.8. The number of benzene rings is 9. The van der Waals surface area contributed by atoms with Crippen molar-refractivity contribution in [1.29, 1.82) is 0 Å². The zero-order valence-corrected chi connectivity index (χ0v) is 30.4. The molecule has 9 aromatic carbocycles. The van der Waals surface area contributed by atoms with E-state index in [4.69, 9.17) is 0 Å². The van der Waals surface area contributed by atoms with Crippen LogP contribution in [0.25, 0.3) is 75.5 Å². The lowest BCUT2D eigenvalue weighted by Crippen LogP contribution is -2.13. The molecule has 10 rings (SSSR count). The van der Waals surface area contributed by atoms with E-state index in [2.05, 4.69) is 217 Å². The van der Waals surface area contributed by atoms with Crippen LogP contribution in [0.1, 0.15) is 0 Å². The number of rotatable bonds is 7. The van der Waals surface area contributed by atoms with Gasteiger partial charge < -0.3 is 4.90 Å². The lowest BCUT2D eigenvalue weighted by molar-refractivity contribution is 1.29. The van der Waals surface area contributed by atoms with Crippen molar-refractivity contribution in [3.05, 3.63) is 212 Å². The van der Waals surface area contributed by atoms with Crippen molar-refractivity contribution in [1.82, 2.24) is 0 Å². The van der Waals surface area contributed by atoms with Crippen molar-refractivity contribution in [2.45, 2.75) is 0 Å². The molecule has 254 valence electrons. The fraction of sp³-hybridized carbons (Fsp3) is 0. The maximum Gasteiger partial charge on any atom is 0.0618 e. The maximum atomic E-state index is 2.48. The van der Waals surface area contributed by atoms with Gasteiger partial charge in [0.05, 0.1) is 5.69 Å². The molecule has 0 amide bonds. The van der Waals surface area contributed by atoms with E-state index in [0.717, 1.165) is 17.1 Å². The summed E-state index contributed by atoms with van der Waals surface area (Å²) in [7, 11) is 0. The third-order valence-electron chi connectivity index (χ3n) is 10.5. The van der Waals surface area contributed by atoms with Crippen LogP contribution in [0.5, 0.6) is 0 Å². The van der Waals surface area contributed by atoms with E-state index >= 15 is 0 Å². The second kappa shape index (κ2) is 13.7. The molecule has 0 aliphatic heterocycles. The highest BCUT2D eigenvalue weighted by Crippen LogP contribution is 2.50. The van der Waals surface area contributed by atoms with Gasteiger partial charge >= 0.3 is 0 Å². The first-order valence-electron chi connectivity index (χ1n) is 18.4. The summed E-state index contributed by atoms with van der Waals surface area (Å²) in [6.45, 7) is 0. The number of thiophene rings is 1. The standard InChI is InChI=1S/C52H35NS/c1-4-15-36(16-5-1)37-27-29-42(30-28-37)53(43-31-32-47-46-24-12-13-26-50(46)54-51(47)35-43)52-48(39-17-6-2-7-18-39)33-41(34-49(52)40-19-8-3-9-20-40)45-25-14-22-38-21-10-11-23-44(38)45/h1-35H. The van der Waals surface area contributed by atoms with Crippen LogP contribution in [0, 0.1) is 0 Å². The van der Waals surface area contributed by atoms with E-state index in [1.807, 2.05) is 11.3 Å². The molecule has 2 heteroatoms. The molecule has 0 saturated carbocycles. The van der Waals surface area contributed by atoms with E-state index in [0.29, 0.717) is 0 Å². The Morgan fingerprint density at radius 3 is 1.50 bits per heavy atom. The van der Waals surface area contributed by atoms with Gasteiger partial charge in [0.2, 0.25) is 0 Å². The lowest BCUT2D eigenvalue weighted by Gasteiger charge is -2.31. The highest BCUT2D eigenvalue weighted by Gasteiger charge is 2.24. The first-order chi connectivity index (χ1) is 26.8. The summed E-state index contributed by atoms with van der Waals surface area (Å²) >= 11 is 1.86. The smallest absolute Gasteiger partial charge is 0.0618 e. The number of hydrogen-bond donors (Lipinski definition) is 0. The molecule has 0 unspecified atom stereocenters. The van der Waals surface area contributed by atoms with Crippen LogP contribution >= 0.6 is 11.3 Å². The van der Waals surface area contributed by atoms with Crippen molar-refractivity contribution in [2.75, 3.05) is 4.90 Å². The van der Waals surface area contributed by atoms with Gasteiger partial charge in [0.15, 0.2) is 0 Å². The van der Waals surface area contributed by atoms with Crippen LogP contribution in [-0.2, 0) is 0 Å². The summed E-state index contributed by atoms with van der Waals surface area (Å²) in [5.74, 6) is 0. The SMILES string of the molecule is c1ccc(-c2ccc(N(c3ccc4c(c3)sc3ccccc34)c3c(-c4ccccc4)cc(-c4cccc5ccccc45)cc3-c3ccccc3)cc2)cc1. The first kappa shape index (κ1) is 32.0. The largest absolute Gasteiger partial charge is 0.309 e. The van der Waals surface area contributed by atoms with Gasteiger partial charge in [-0.3, -0.25) is 0 Å². The van der Waals surface area contributed by atoms with Gasteiger partial charge in [-0.25, -0.2) is 0 Å². The van der Waals surface area contributed by atoms with Gasteiger partial charge in [-0.1, -0.05) is 170 Å². The van der Waals surface area contributed by atoms with Crippen molar-refractivity contribution >= 4 is 59.3 Å². The minimum atomic E-state index is 1.10. The molecule has 0 atom stereocenters. The van der Waals surface area contributed by atoms with Gasteiger partial charge in [0.1, 0.15) is 0 Å². The fourth-order valence-electron chi connectivity index (χ4n) is 7.88. The minimum Gasteiger partial charge on any atom is -0.309 e. The normalized spacial score (nSPS) is 11.3. The molecular weight excluding hydrogens is 671 g/mol. The molecular formula is C52H35NS. The van der Waals surface area contributed by atoms with E-state index in [1.165, 1.54) is 75.5 Å². The summed E-state index contributed by atoms with van der Waals surface area (Å²) in [6.07, 6.45) is 0. The van der Waals surface area contributed by atoms with E-state index in [1.54, 1.807) is 0 Å². The monoisotopic (exact) mass is 705 g/mol. The van der Waals surface area contributed by atoms with Crippen molar-refractivity contribution < 1.29 is 0 Å². The maximum absolute atomic E-state index is 2.48. The van der Waals surface area contributed by atoms with Gasteiger partial charge in [-0.2, -0.15) is 0 Å². The molecule has 54 heavy (non-hydrogen) atoms. The third kappa shape index (κ3) is 5.74. The van der Waals surface area contributed by atoms with Crippen LogP contribution in [0.2, 0.25) is 0 Å². The fourth-order valence-corrected chi connectivity index (χ4v) is 9.02. The molecule has 10 aromatic rings. The van der Waals surface area contributed by atoms with Gasteiger partial charge in [-0.05, 0) is 86.6 Å². The van der Waals surface area contributed by atoms with Crippen molar-refractivity contribution in [2.24, 2.45) is 0 Å². The summed E-state index contributed by atoms with van der Waals surface area (Å²) in [5.41, 5.74) is 12.8. The van der Waals surface area contributed by atoms with Crippen molar-refractivity contribution in [3.63, 3.8) is 0 Å². The third-order valence-corrected chi connectivity index (χ3v) is 11.6. The number of fused-ring (bicyclic) bond motifs is 4. The molecule has 0 N–H and O–H groups in total. The zero-order chi connectivity index (χ0) is 35.8. The summed E-state index contributed by atoms with van der Waals surface area (Å²) in [4.78, 5) is 2.48. The Balaban J connectivity index is 1.29. The number of anilines is 3. The molecule has 1 aromatic heterocycles. The Morgan fingerprint density at radius 2 is 0.815 bits per heavy atom. The van der Waals surface area contributed by atoms with Crippen LogP contribution in [0.3, 0.4) is 0 Å². The Hall–Kier alpha value is -6.74. The highest BCUT2D eigenvalue weighted by molar-refractivity contribution is 7.25. The van der Waals surface area contributed by atoms with Gasteiger partial charge in [0.25, 0.3) is 0 Å². The van der Waals surface area contributed by atoms with Gasteiger partial charge in [0, 0.05) is 42.7 Å². The summed E-state index contributed by atoms with van der Waals surface area (Å²) in [6, 6.07) is 77.3. The average molecular weight is 706 g/mol. The second-order valence-electron chi connectivity index (χ2n) is 13.7. The predicted octanol–water partition coefficient (Wildman–Crippen LogP) is 15.3. The summed E-state index contributed by atoms with van der Waals surface area (Å²) < 4.78 is 2.58. The van der Waals surface area contributed by atoms with E-state index < -0.39 is 0 Å². The predicted molar refractivity (Wildman–Crippen MR) is 233 cm³/mol. The molecule has 0 radical (unpaired) electrons. The van der Waals surface area contributed by atoms with Crippen LogP contribution < -0.4 is 4.90 Å². The molecule has 0 saturated heterocycles. The molecule has 0 spiro atoms.